The fraction of sp³-hybridized carbons (Fsp3) is 0.100. The quantitative estimate of drug-likeness (QED) is 0.657. The van der Waals surface area contributed by atoms with Gasteiger partial charge < -0.3 is 14.3 Å². The number of carboxylic acids is 1. The molecule has 2 aromatic carbocycles. The molecule has 1 aromatic heterocycles. The first-order valence-electron chi connectivity index (χ1n) is 7.94. The van der Waals surface area contributed by atoms with Crippen molar-refractivity contribution in [1.29, 1.82) is 5.26 Å². The number of carboxylic acid groups (broad SMARTS) is 1. The minimum absolute atomic E-state index is 0.309. The standard InChI is InChI=1S/C20H12F3NO4/c21-20(22,23)18-15(9-17(28-18)19(25)26)11-27-16-7-5-14(6-8-16)13-3-1-12(10-24)2-4-13/h1-9H,11H2,(H,25,26). The van der Waals surface area contributed by atoms with E-state index in [-0.39, 0.29) is 0 Å². The van der Waals surface area contributed by atoms with E-state index in [1.165, 1.54) is 0 Å². The second kappa shape index (κ2) is 7.48. The Hall–Kier alpha value is -3.73. The van der Waals surface area contributed by atoms with Crippen LogP contribution in [0.1, 0.15) is 27.4 Å². The van der Waals surface area contributed by atoms with E-state index < -0.39 is 35.8 Å². The van der Waals surface area contributed by atoms with Gasteiger partial charge in [0.2, 0.25) is 11.5 Å². The van der Waals surface area contributed by atoms with Gasteiger partial charge in [-0.15, -0.1) is 0 Å². The lowest BCUT2D eigenvalue weighted by atomic mass is 10.0. The normalized spacial score (nSPS) is 11.1. The third kappa shape index (κ3) is 4.15. The van der Waals surface area contributed by atoms with Gasteiger partial charge in [-0.3, -0.25) is 0 Å². The first kappa shape index (κ1) is 19.0. The average Bonchev–Trinajstić information content (AvgIpc) is 3.12. The minimum Gasteiger partial charge on any atom is -0.489 e. The Morgan fingerprint density at radius 2 is 1.64 bits per heavy atom. The Bertz CT molecular complexity index is 1030. The lowest BCUT2D eigenvalue weighted by molar-refractivity contribution is -0.154. The fourth-order valence-corrected chi connectivity index (χ4v) is 2.52. The number of nitrogens with zero attached hydrogens (tertiary/aromatic N) is 1. The van der Waals surface area contributed by atoms with Crippen LogP contribution in [0.25, 0.3) is 11.1 Å². The van der Waals surface area contributed by atoms with Gasteiger partial charge in [-0.25, -0.2) is 4.79 Å². The van der Waals surface area contributed by atoms with Crippen LogP contribution in [0.15, 0.2) is 59.0 Å². The molecule has 0 unspecified atom stereocenters. The Kier molecular flexibility index (Phi) is 5.09. The maximum absolute atomic E-state index is 13.0. The van der Waals surface area contributed by atoms with E-state index in [1.807, 2.05) is 6.07 Å². The van der Waals surface area contributed by atoms with Crippen LogP contribution in [0.3, 0.4) is 0 Å². The second-order valence-corrected chi connectivity index (χ2v) is 5.77. The zero-order valence-corrected chi connectivity index (χ0v) is 14.2. The Balaban J connectivity index is 1.75. The summed E-state index contributed by atoms with van der Waals surface area (Å²) in [7, 11) is 0. The number of carbonyl (C=O) groups is 1. The number of hydrogen-bond acceptors (Lipinski definition) is 4. The van der Waals surface area contributed by atoms with Crippen molar-refractivity contribution in [2.24, 2.45) is 0 Å². The molecule has 0 aliphatic carbocycles. The number of halogens is 3. The number of rotatable bonds is 5. The third-order valence-electron chi connectivity index (χ3n) is 3.87. The smallest absolute Gasteiger partial charge is 0.449 e. The summed E-state index contributed by atoms with van der Waals surface area (Å²) in [5.41, 5.74) is 1.83. The highest BCUT2D eigenvalue weighted by Gasteiger charge is 2.39. The van der Waals surface area contributed by atoms with Crippen LogP contribution in [-0.4, -0.2) is 11.1 Å². The number of ether oxygens (including phenoxy) is 1. The molecule has 0 aliphatic heterocycles. The lowest BCUT2D eigenvalue weighted by Gasteiger charge is -2.09. The van der Waals surface area contributed by atoms with E-state index in [0.29, 0.717) is 11.3 Å². The van der Waals surface area contributed by atoms with Crippen molar-refractivity contribution in [3.05, 3.63) is 77.2 Å². The molecule has 0 aliphatic rings. The topological polar surface area (TPSA) is 83.5 Å². The molecule has 0 saturated heterocycles. The summed E-state index contributed by atoms with van der Waals surface area (Å²) in [5.74, 6) is -3.48. The molecule has 5 nitrogen and oxygen atoms in total. The number of nitriles is 1. The zero-order chi connectivity index (χ0) is 20.3. The van der Waals surface area contributed by atoms with E-state index in [9.17, 15) is 18.0 Å². The highest BCUT2D eigenvalue weighted by atomic mass is 19.4. The number of furan rings is 1. The van der Waals surface area contributed by atoms with Gasteiger partial charge in [0.1, 0.15) is 12.4 Å². The van der Waals surface area contributed by atoms with Crippen LogP contribution in [0, 0.1) is 11.3 Å². The van der Waals surface area contributed by atoms with Crippen molar-refractivity contribution in [2.75, 3.05) is 0 Å². The maximum Gasteiger partial charge on any atom is 0.449 e. The molecule has 142 valence electrons. The van der Waals surface area contributed by atoms with Gasteiger partial charge in [0.15, 0.2) is 0 Å². The summed E-state index contributed by atoms with van der Waals surface area (Å²) in [6.45, 7) is -0.498. The minimum atomic E-state index is -4.83. The zero-order valence-electron chi connectivity index (χ0n) is 14.2. The van der Waals surface area contributed by atoms with E-state index >= 15 is 0 Å². The highest BCUT2D eigenvalue weighted by Crippen LogP contribution is 2.35. The predicted octanol–water partition coefficient (Wildman–Crippen LogP) is 5.11. The van der Waals surface area contributed by atoms with E-state index in [0.717, 1.165) is 17.2 Å². The first-order valence-corrected chi connectivity index (χ1v) is 7.94. The Morgan fingerprint density at radius 3 is 2.14 bits per heavy atom. The number of hydrogen-bond donors (Lipinski definition) is 1. The van der Waals surface area contributed by atoms with Crippen molar-refractivity contribution >= 4 is 5.97 Å². The third-order valence-corrected chi connectivity index (χ3v) is 3.87. The molecule has 3 rings (SSSR count). The summed E-state index contributed by atoms with van der Waals surface area (Å²) in [6.07, 6.45) is -4.83. The molecule has 8 heteroatoms. The second-order valence-electron chi connectivity index (χ2n) is 5.77. The Morgan fingerprint density at radius 1 is 1.07 bits per heavy atom. The summed E-state index contributed by atoms with van der Waals surface area (Å²) in [5, 5.41) is 17.6. The van der Waals surface area contributed by atoms with Crippen LogP contribution < -0.4 is 4.74 Å². The Labute approximate surface area is 157 Å². The van der Waals surface area contributed by atoms with Gasteiger partial charge in [-0.2, -0.15) is 18.4 Å². The van der Waals surface area contributed by atoms with Gasteiger partial charge >= 0.3 is 12.1 Å². The van der Waals surface area contributed by atoms with Crippen molar-refractivity contribution < 1.29 is 32.2 Å². The molecular weight excluding hydrogens is 375 g/mol. The molecule has 28 heavy (non-hydrogen) atoms. The molecule has 0 radical (unpaired) electrons. The van der Waals surface area contributed by atoms with Crippen LogP contribution in [0.4, 0.5) is 13.2 Å². The molecule has 0 spiro atoms. The van der Waals surface area contributed by atoms with Gasteiger partial charge in [0.25, 0.3) is 0 Å². The molecule has 0 atom stereocenters. The molecule has 0 amide bonds. The van der Waals surface area contributed by atoms with Crippen molar-refractivity contribution in [3.63, 3.8) is 0 Å². The number of alkyl halides is 3. The largest absolute Gasteiger partial charge is 0.489 e. The van der Waals surface area contributed by atoms with Crippen LogP contribution in [0.5, 0.6) is 5.75 Å². The summed E-state index contributed by atoms with van der Waals surface area (Å²) in [6, 6.07) is 16.4. The van der Waals surface area contributed by atoms with Crippen molar-refractivity contribution in [1.82, 2.24) is 0 Å². The molecule has 1 N–H and O–H groups in total. The van der Waals surface area contributed by atoms with Gasteiger partial charge in [0, 0.05) is 5.56 Å². The molecular formula is C20H12F3NO4. The highest BCUT2D eigenvalue weighted by molar-refractivity contribution is 5.84. The lowest BCUT2D eigenvalue weighted by Crippen LogP contribution is -2.08. The average molecular weight is 387 g/mol. The van der Waals surface area contributed by atoms with Gasteiger partial charge in [0.05, 0.1) is 11.6 Å². The van der Waals surface area contributed by atoms with E-state index in [1.54, 1.807) is 48.5 Å². The molecule has 1 heterocycles. The van der Waals surface area contributed by atoms with Crippen molar-refractivity contribution in [2.45, 2.75) is 12.8 Å². The van der Waals surface area contributed by atoms with Gasteiger partial charge in [-0.05, 0) is 41.5 Å². The first-order chi connectivity index (χ1) is 13.3. The fourth-order valence-electron chi connectivity index (χ4n) is 2.52. The van der Waals surface area contributed by atoms with E-state index in [2.05, 4.69) is 4.42 Å². The molecule has 0 bridgehead atoms. The number of aromatic carboxylic acids is 1. The van der Waals surface area contributed by atoms with Crippen molar-refractivity contribution in [3.8, 4) is 22.9 Å². The number of benzene rings is 2. The van der Waals surface area contributed by atoms with E-state index in [4.69, 9.17) is 15.1 Å². The summed E-state index contributed by atoms with van der Waals surface area (Å²) >= 11 is 0. The SMILES string of the molecule is N#Cc1ccc(-c2ccc(OCc3cc(C(=O)O)oc3C(F)(F)F)cc2)cc1. The van der Waals surface area contributed by atoms with Gasteiger partial charge in [-0.1, -0.05) is 24.3 Å². The molecule has 0 saturated carbocycles. The molecule has 0 fully saturated rings. The predicted molar refractivity (Wildman–Crippen MR) is 91.6 cm³/mol. The molecule has 3 aromatic rings. The maximum atomic E-state index is 13.0. The van der Waals surface area contributed by atoms with Crippen LogP contribution >= 0.6 is 0 Å². The van der Waals surface area contributed by atoms with Crippen LogP contribution in [-0.2, 0) is 12.8 Å². The summed E-state index contributed by atoms with van der Waals surface area (Å²) in [4.78, 5) is 10.9. The summed E-state index contributed by atoms with van der Waals surface area (Å²) < 4.78 is 48.7. The monoisotopic (exact) mass is 387 g/mol. The van der Waals surface area contributed by atoms with Crippen LogP contribution in [0.2, 0.25) is 0 Å².